The Bertz CT molecular complexity index is 1010. The minimum absolute atomic E-state index is 0.0387. The number of aryl methyl sites for hydroxylation is 1. The molecule has 2 aliphatic rings. The van der Waals surface area contributed by atoms with Crippen molar-refractivity contribution < 1.29 is 23.8 Å². The molecule has 4 rings (SSSR count). The summed E-state index contributed by atoms with van der Waals surface area (Å²) in [5.41, 5.74) is 2.15. The van der Waals surface area contributed by atoms with E-state index in [0.29, 0.717) is 31.7 Å². The number of rotatable bonds is 6. The minimum Gasteiger partial charge on any atom is -0.507 e. The molecule has 32 heavy (non-hydrogen) atoms. The Morgan fingerprint density at radius 3 is 2.34 bits per heavy atom. The Kier molecular flexibility index (Phi) is 6.67. The molecule has 0 spiro atoms. The van der Waals surface area contributed by atoms with E-state index in [9.17, 15) is 19.1 Å². The third-order valence-electron chi connectivity index (χ3n) is 6.03. The van der Waals surface area contributed by atoms with Gasteiger partial charge in [0.25, 0.3) is 11.7 Å². The van der Waals surface area contributed by atoms with Crippen LogP contribution in [0.15, 0.2) is 54.1 Å². The van der Waals surface area contributed by atoms with Crippen LogP contribution in [0.4, 0.5) is 4.39 Å². The molecular weight excluding hydrogens is 411 g/mol. The fraction of sp³-hybridized carbons (Fsp3) is 0.360. The third-order valence-corrected chi connectivity index (χ3v) is 6.03. The van der Waals surface area contributed by atoms with Crippen molar-refractivity contribution >= 4 is 17.4 Å². The van der Waals surface area contributed by atoms with Crippen molar-refractivity contribution in [3.63, 3.8) is 0 Å². The van der Waals surface area contributed by atoms with E-state index in [1.165, 1.54) is 24.3 Å². The monoisotopic (exact) mass is 438 g/mol. The lowest BCUT2D eigenvalue weighted by atomic mass is 9.94. The van der Waals surface area contributed by atoms with Gasteiger partial charge >= 0.3 is 0 Å². The van der Waals surface area contributed by atoms with E-state index in [0.717, 1.165) is 30.8 Å². The first-order valence-electron chi connectivity index (χ1n) is 10.9. The number of likely N-dealkylation sites (tertiary alicyclic amines) is 1. The quantitative estimate of drug-likeness (QED) is 0.426. The lowest BCUT2D eigenvalue weighted by Gasteiger charge is -2.29. The normalized spacial score (nSPS) is 21.3. The Morgan fingerprint density at radius 1 is 1.03 bits per heavy atom. The van der Waals surface area contributed by atoms with E-state index < -0.39 is 23.5 Å². The van der Waals surface area contributed by atoms with Gasteiger partial charge in [-0.15, -0.1) is 0 Å². The molecule has 0 saturated carbocycles. The van der Waals surface area contributed by atoms with E-state index in [1.54, 1.807) is 4.90 Å². The SMILES string of the molecule is Cc1ccc([C@@H]2/C(=C(\O)c3ccc(F)cc3)C(=O)C(=O)N2CCCN2CCOCC2)cc1. The fourth-order valence-corrected chi connectivity index (χ4v) is 4.26. The van der Waals surface area contributed by atoms with Crippen molar-refractivity contribution in [3.8, 4) is 0 Å². The molecule has 2 heterocycles. The number of carbonyl (C=O) groups excluding carboxylic acids is 2. The average Bonchev–Trinajstić information content (AvgIpc) is 3.05. The van der Waals surface area contributed by atoms with Crippen LogP contribution < -0.4 is 0 Å². The second kappa shape index (κ2) is 9.63. The van der Waals surface area contributed by atoms with Crippen molar-refractivity contribution in [2.45, 2.75) is 19.4 Å². The van der Waals surface area contributed by atoms with Gasteiger partial charge < -0.3 is 14.7 Å². The first-order valence-corrected chi connectivity index (χ1v) is 10.9. The standard InChI is InChI=1S/C25H27FN2O4/c1-17-3-5-18(6-4-17)22-21(23(29)19-7-9-20(26)10-8-19)24(30)25(31)28(22)12-2-11-27-13-15-32-16-14-27/h3-10,22,29H,2,11-16H2,1H3/b23-21+/t22-/m1/s1. The number of aliphatic hydroxyl groups is 1. The molecule has 168 valence electrons. The van der Waals surface area contributed by atoms with Gasteiger partial charge in [0.05, 0.1) is 24.8 Å². The number of hydrogen-bond acceptors (Lipinski definition) is 5. The smallest absolute Gasteiger partial charge is 0.295 e. The maximum Gasteiger partial charge on any atom is 0.295 e. The zero-order valence-electron chi connectivity index (χ0n) is 18.1. The van der Waals surface area contributed by atoms with Crippen molar-refractivity contribution in [2.24, 2.45) is 0 Å². The molecule has 0 radical (unpaired) electrons. The molecule has 2 fully saturated rings. The molecule has 1 amide bonds. The molecule has 1 atom stereocenters. The van der Waals surface area contributed by atoms with Crippen LogP contribution >= 0.6 is 0 Å². The van der Waals surface area contributed by atoms with Crippen molar-refractivity contribution in [1.29, 1.82) is 0 Å². The van der Waals surface area contributed by atoms with Gasteiger partial charge in [-0.1, -0.05) is 29.8 Å². The number of nitrogens with zero attached hydrogens (tertiary/aromatic N) is 2. The number of morpholine rings is 1. The van der Waals surface area contributed by atoms with Crippen LogP contribution in [0.3, 0.4) is 0 Å². The van der Waals surface area contributed by atoms with Crippen molar-refractivity contribution in [2.75, 3.05) is 39.4 Å². The van der Waals surface area contributed by atoms with Crippen LogP contribution in [0.2, 0.25) is 0 Å². The highest BCUT2D eigenvalue weighted by Gasteiger charge is 2.45. The Morgan fingerprint density at radius 2 is 1.69 bits per heavy atom. The topological polar surface area (TPSA) is 70.1 Å². The number of ketones is 1. The lowest BCUT2D eigenvalue weighted by Crippen LogP contribution is -2.38. The molecule has 0 aliphatic carbocycles. The molecular formula is C25H27FN2O4. The van der Waals surface area contributed by atoms with Gasteiger partial charge in [-0.3, -0.25) is 14.5 Å². The summed E-state index contributed by atoms with van der Waals surface area (Å²) in [7, 11) is 0. The summed E-state index contributed by atoms with van der Waals surface area (Å²) < 4.78 is 18.7. The molecule has 7 heteroatoms. The van der Waals surface area contributed by atoms with E-state index in [1.807, 2.05) is 31.2 Å². The van der Waals surface area contributed by atoms with Gasteiger partial charge in [0.1, 0.15) is 11.6 Å². The van der Waals surface area contributed by atoms with Crippen LogP contribution in [0.1, 0.15) is 29.2 Å². The minimum atomic E-state index is -0.719. The van der Waals surface area contributed by atoms with Crippen LogP contribution in [0.25, 0.3) is 5.76 Å². The van der Waals surface area contributed by atoms with Crippen LogP contribution in [0, 0.1) is 12.7 Å². The van der Waals surface area contributed by atoms with Crippen LogP contribution in [0.5, 0.6) is 0 Å². The number of halogens is 1. The maximum absolute atomic E-state index is 13.4. The summed E-state index contributed by atoms with van der Waals surface area (Å²) in [5, 5.41) is 11.0. The molecule has 2 aliphatic heterocycles. The summed E-state index contributed by atoms with van der Waals surface area (Å²) >= 11 is 0. The van der Waals surface area contributed by atoms with Crippen LogP contribution in [-0.2, 0) is 14.3 Å². The number of benzene rings is 2. The molecule has 2 aromatic carbocycles. The maximum atomic E-state index is 13.4. The van der Waals surface area contributed by atoms with E-state index in [4.69, 9.17) is 4.74 Å². The van der Waals surface area contributed by atoms with Crippen molar-refractivity contribution in [3.05, 3.63) is 76.6 Å². The van der Waals surface area contributed by atoms with Gasteiger partial charge in [-0.25, -0.2) is 4.39 Å². The molecule has 2 saturated heterocycles. The van der Waals surface area contributed by atoms with E-state index in [-0.39, 0.29) is 11.3 Å². The van der Waals surface area contributed by atoms with Gasteiger partial charge in [0, 0.05) is 31.7 Å². The van der Waals surface area contributed by atoms with Gasteiger partial charge in [0.2, 0.25) is 0 Å². The molecule has 6 nitrogen and oxygen atoms in total. The molecule has 0 aromatic heterocycles. The first kappa shape index (κ1) is 22.2. The summed E-state index contributed by atoms with van der Waals surface area (Å²) in [4.78, 5) is 29.8. The van der Waals surface area contributed by atoms with Gasteiger partial charge in [-0.2, -0.15) is 0 Å². The summed E-state index contributed by atoms with van der Waals surface area (Å²) in [6.45, 7) is 6.25. The largest absolute Gasteiger partial charge is 0.507 e. The zero-order chi connectivity index (χ0) is 22.7. The number of carbonyl (C=O) groups is 2. The highest BCUT2D eigenvalue weighted by molar-refractivity contribution is 6.46. The van der Waals surface area contributed by atoms with Crippen molar-refractivity contribution in [1.82, 2.24) is 9.80 Å². The Labute approximate surface area is 186 Å². The number of hydrogen-bond donors (Lipinski definition) is 1. The Balaban J connectivity index is 1.66. The second-order valence-electron chi connectivity index (χ2n) is 8.22. The average molecular weight is 438 g/mol. The summed E-state index contributed by atoms with van der Waals surface area (Å²) in [5.74, 6) is -2.07. The lowest BCUT2D eigenvalue weighted by molar-refractivity contribution is -0.140. The molecule has 1 N–H and O–H groups in total. The zero-order valence-corrected chi connectivity index (χ0v) is 18.1. The fourth-order valence-electron chi connectivity index (χ4n) is 4.26. The van der Waals surface area contributed by atoms with E-state index in [2.05, 4.69) is 4.90 Å². The predicted molar refractivity (Wildman–Crippen MR) is 118 cm³/mol. The van der Waals surface area contributed by atoms with Gasteiger partial charge in [0.15, 0.2) is 0 Å². The number of amides is 1. The van der Waals surface area contributed by atoms with E-state index >= 15 is 0 Å². The summed E-state index contributed by atoms with van der Waals surface area (Å²) in [6, 6.07) is 12.1. The molecule has 2 aromatic rings. The summed E-state index contributed by atoms with van der Waals surface area (Å²) in [6.07, 6.45) is 0.700. The molecule has 0 unspecified atom stereocenters. The second-order valence-corrected chi connectivity index (χ2v) is 8.22. The predicted octanol–water partition coefficient (Wildman–Crippen LogP) is 3.28. The number of Topliss-reactive ketones (excluding diaryl/α,β-unsaturated/α-hetero) is 1. The number of ether oxygens (including phenoxy) is 1. The highest BCUT2D eigenvalue weighted by atomic mass is 19.1. The molecule has 0 bridgehead atoms. The number of aliphatic hydroxyl groups excluding tert-OH is 1. The Hall–Kier alpha value is -3.03. The van der Waals surface area contributed by atoms with Crippen LogP contribution in [-0.4, -0.2) is 66.0 Å². The highest BCUT2D eigenvalue weighted by Crippen LogP contribution is 2.39. The van der Waals surface area contributed by atoms with Gasteiger partial charge in [-0.05, 0) is 43.2 Å². The third kappa shape index (κ3) is 4.59. The first-order chi connectivity index (χ1) is 15.5.